The van der Waals surface area contributed by atoms with Crippen molar-refractivity contribution in [2.24, 2.45) is 0 Å². The highest BCUT2D eigenvalue weighted by atomic mass is 32.2. The minimum Gasteiger partial charge on any atom is -0.492 e. The van der Waals surface area contributed by atoms with E-state index in [9.17, 15) is 13.5 Å². The van der Waals surface area contributed by atoms with E-state index in [1.807, 2.05) is 18.2 Å². The van der Waals surface area contributed by atoms with Crippen molar-refractivity contribution in [1.29, 1.82) is 0 Å². The highest BCUT2D eigenvalue weighted by Crippen LogP contribution is 2.22. The maximum Gasteiger partial charge on any atom is 0.235 e. The summed E-state index contributed by atoms with van der Waals surface area (Å²) in [6, 6.07) is 12.7. The molecule has 0 aliphatic heterocycles. The molecule has 0 aliphatic rings. The summed E-state index contributed by atoms with van der Waals surface area (Å²) < 4.78 is 32.4. The van der Waals surface area contributed by atoms with Gasteiger partial charge in [-0.2, -0.15) is 5.10 Å². The second-order valence-electron chi connectivity index (χ2n) is 7.62. The Morgan fingerprint density at radius 3 is 2.74 bits per heavy atom. The van der Waals surface area contributed by atoms with Crippen LogP contribution in [0.15, 0.2) is 42.5 Å². The molecule has 4 N–H and O–H groups in total. The van der Waals surface area contributed by atoms with Crippen molar-refractivity contribution in [3.63, 3.8) is 0 Å². The highest BCUT2D eigenvalue weighted by molar-refractivity contribution is 7.93. The number of hydrogen-bond acceptors (Lipinski definition) is 6. The number of nitrogens with zero attached hydrogens (tertiary/aromatic N) is 1. The Morgan fingerprint density at radius 2 is 2.00 bits per heavy atom. The maximum atomic E-state index is 12.0. The lowest BCUT2D eigenvalue weighted by atomic mass is 10.1. The summed E-state index contributed by atoms with van der Waals surface area (Å²) in [5.41, 5.74) is 3.06. The lowest BCUT2D eigenvalue weighted by Gasteiger charge is -2.15. The third-order valence-corrected chi connectivity index (χ3v) is 6.75. The molecule has 0 spiro atoms. The fraction of sp³-hybridized carbons (Fsp3) is 0.409. The minimum absolute atomic E-state index is 0.323. The standard InChI is InChI=1S/C22H30N4O4S/c1-4-20-19-9-8-18(13-21(19)25-24-20)30-11-10-23-14-22(27)16-6-5-7-17(12-16)26-31(28,29)15(2)3/h5-9,12-13,15,22-23,26-27H,4,10-11,14H2,1-3H3,(H,24,25). The van der Waals surface area contributed by atoms with Gasteiger partial charge in [0.15, 0.2) is 0 Å². The van der Waals surface area contributed by atoms with Crippen molar-refractivity contribution >= 4 is 26.6 Å². The minimum atomic E-state index is -3.43. The van der Waals surface area contributed by atoms with Crippen LogP contribution in [0.1, 0.15) is 38.1 Å². The fourth-order valence-corrected chi connectivity index (χ4v) is 3.80. The number of sulfonamides is 1. The van der Waals surface area contributed by atoms with E-state index < -0.39 is 21.4 Å². The molecule has 3 rings (SSSR count). The van der Waals surface area contributed by atoms with E-state index in [0.29, 0.717) is 30.9 Å². The van der Waals surface area contributed by atoms with Crippen LogP contribution in [0.2, 0.25) is 0 Å². The second kappa shape index (κ2) is 10.1. The number of anilines is 1. The Morgan fingerprint density at radius 1 is 1.19 bits per heavy atom. The van der Waals surface area contributed by atoms with Gasteiger partial charge in [0.25, 0.3) is 0 Å². The number of aryl methyl sites for hydroxylation is 1. The first-order chi connectivity index (χ1) is 14.8. The van der Waals surface area contributed by atoms with Crippen LogP contribution in [0.3, 0.4) is 0 Å². The summed E-state index contributed by atoms with van der Waals surface area (Å²) in [5, 5.41) is 21.5. The van der Waals surface area contributed by atoms with Crippen LogP contribution in [0.4, 0.5) is 5.69 Å². The van der Waals surface area contributed by atoms with Crippen LogP contribution in [0.5, 0.6) is 5.75 Å². The Balaban J connectivity index is 1.46. The molecular weight excluding hydrogens is 416 g/mol. The average Bonchev–Trinajstić information content (AvgIpc) is 3.15. The zero-order valence-electron chi connectivity index (χ0n) is 18.1. The molecule has 9 heteroatoms. The molecule has 0 fully saturated rings. The normalized spacial score (nSPS) is 12.9. The Bertz CT molecular complexity index is 1110. The number of fused-ring (bicyclic) bond motifs is 1. The SMILES string of the molecule is CCc1n[nH]c2cc(OCCNCC(O)c3cccc(NS(=O)(=O)C(C)C)c3)ccc12. The van der Waals surface area contributed by atoms with E-state index in [1.165, 1.54) is 0 Å². The second-order valence-corrected chi connectivity index (χ2v) is 9.86. The Labute approximate surface area is 183 Å². The third-order valence-electron chi connectivity index (χ3n) is 4.99. The first kappa shape index (κ1) is 23.1. The van der Waals surface area contributed by atoms with Crippen molar-refractivity contribution < 1.29 is 18.3 Å². The summed E-state index contributed by atoms with van der Waals surface area (Å²) in [7, 11) is -3.43. The topological polar surface area (TPSA) is 116 Å². The van der Waals surface area contributed by atoms with Crippen LogP contribution in [-0.2, 0) is 16.4 Å². The van der Waals surface area contributed by atoms with Gasteiger partial charge in [0, 0.05) is 30.2 Å². The molecule has 1 heterocycles. The zero-order chi connectivity index (χ0) is 22.4. The van der Waals surface area contributed by atoms with E-state index in [0.717, 1.165) is 28.8 Å². The zero-order valence-corrected chi connectivity index (χ0v) is 18.9. The van der Waals surface area contributed by atoms with Gasteiger partial charge in [0.1, 0.15) is 12.4 Å². The van der Waals surface area contributed by atoms with Crippen LogP contribution >= 0.6 is 0 Å². The predicted octanol–water partition coefficient (Wildman–Crippen LogP) is 2.98. The lowest BCUT2D eigenvalue weighted by molar-refractivity contribution is 0.172. The van der Waals surface area contributed by atoms with E-state index in [4.69, 9.17) is 4.74 Å². The maximum absolute atomic E-state index is 12.0. The molecule has 0 bridgehead atoms. The predicted molar refractivity (Wildman–Crippen MR) is 123 cm³/mol. The Kier molecular flexibility index (Phi) is 7.53. The van der Waals surface area contributed by atoms with Gasteiger partial charge in [-0.3, -0.25) is 9.82 Å². The summed E-state index contributed by atoms with van der Waals surface area (Å²) in [4.78, 5) is 0. The van der Waals surface area contributed by atoms with E-state index >= 15 is 0 Å². The number of aromatic amines is 1. The fourth-order valence-electron chi connectivity index (χ4n) is 3.10. The van der Waals surface area contributed by atoms with E-state index in [1.54, 1.807) is 38.1 Å². The summed E-state index contributed by atoms with van der Waals surface area (Å²) >= 11 is 0. The molecule has 2 aromatic carbocycles. The molecule has 0 saturated carbocycles. The third kappa shape index (κ3) is 5.96. The molecule has 0 amide bonds. The number of aliphatic hydroxyl groups is 1. The number of benzene rings is 2. The van der Waals surface area contributed by atoms with Crippen LogP contribution in [0.25, 0.3) is 10.9 Å². The average molecular weight is 447 g/mol. The number of ether oxygens (including phenoxy) is 1. The number of hydrogen-bond donors (Lipinski definition) is 4. The van der Waals surface area contributed by atoms with Crippen LogP contribution < -0.4 is 14.8 Å². The highest BCUT2D eigenvalue weighted by Gasteiger charge is 2.16. The van der Waals surface area contributed by atoms with Crippen molar-refractivity contribution in [1.82, 2.24) is 15.5 Å². The largest absolute Gasteiger partial charge is 0.492 e. The molecule has 31 heavy (non-hydrogen) atoms. The smallest absolute Gasteiger partial charge is 0.235 e. The molecular formula is C22H30N4O4S. The number of aromatic nitrogens is 2. The van der Waals surface area contributed by atoms with Gasteiger partial charge in [-0.25, -0.2) is 8.42 Å². The molecule has 1 atom stereocenters. The molecule has 1 aromatic heterocycles. The van der Waals surface area contributed by atoms with Crippen molar-refractivity contribution in [2.45, 2.75) is 38.5 Å². The summed E-state index contributed by atoms with van der Waals surface area (Å²) in [5.74, 6) is 0.756. The van der Waals surface area contributed by atoms with Crippen LogP contribution in [0, 0.1) is 0 Å². The van der Waals surface area contributed by atoms with Crippen molar-refractivity contribution in [2.75, 3.05) is 24.4 Å². The van der Waals surface area contributed by atoms with Gasteiger partial charge in [-0.15, -0.1) is 0 Å². The van der Waals surface area contributed by atoms with Gasteiger partial charge in [0.05, 0.1) is 22.6 Å². The molecule has 0 aliphatic carbocycles. The number of H-pyrrole nitrogens is 1. The summed E-state index contributed by atoms with van der Waals surface area (Å²) in [6.07, 6.45) is 0.108. The first-order valence-corrected chi connectivity index (χ1v) is 11.9. The molecule has 3 aromatic rings. The van der Waals surface area contributed by atoms with Gasteiger partial charge in [-0.05, 0) is 50.1 Å². The molecule has 1 unspecified atom stereocenters. The van der Waals surface area contributed by atoms with Gasteiger partial charge < -0.3 is 15.2 Å². The molecule has 0 saturated heterocycles. The van der Waals surface area contributed by atoms with E-state index in [-0.39, 0.29) is 0 Å². The van der Waals surface area contributed by atoms with Crippen LogP contribution in [-0.4, -0.2) is 48.7 Å². The van der Waals surface area contributed by atoms with Crippen molar-refractivity contribution in [3.8, 4) is 5.75 Å². The number of nitrogens with one attached hydrogen (secondary N) is 3. The van der Waals surface area contributed by atoms with Gasteiger partial charge >= 0.3 is 0 Å². The number of aliphatic hydroxyl groups excluding tert-OH is 1. The molecule has 8 nitrogen and oxygen atoms in total. The van der Waals surface area contributed by atoms with Crippen molar-refractivity contribution in [3.05, 3.63) is 53.7 Å². The quantitative estimate of drug-likeness (QED) is 0.337. The molecule has 0 radical (unpaired) electrons. The van der Waals surface area contributed by atoms with Gasteiger partial charge in [-0.1, -0.05) is 19.1 Å². The van der Waals surface area contributed by atoms with Gasteiger partial charge in [0.2, 0.25) is 10.0 Å². The summed E-state index contributed by atoms with van der Waals surface area (Å²) in [6.45, 7) is 6.62. The van der Waals surface area contributed by atoms with E-state index in [2.05, 4.69) is 27.2 Å². The monoisotopic (exact) mass is 446 g/mol. The molecule has 168 valence electrons. The first-order valence-electron chi connectivity index (χ1n) is 10.4. The Hall–Kier alpha value is -2.62. The number of rotatable bonds is 11. The lowest BCUT2D eigenvalue weighted by Crippen LogP contribution is -2.26.